The fraction of sp³-hybridized carbons (Fsp3) is 0.391. The molecule has 2 amide bonds. The number of halogens is 2. The molecule has 0 aromatic heterocycles. The summed E-state index contributed by atoms with van der Waals surface area (Å²) in [5, 5.41) is 3.75. The molecule has 0 saturated carbocycles. The molecule has 0 unspecified atom stereocenters. The molecule has 2 atom stereocenters. The summed E-state index contributed by atoms with van der Waals surface area (Å²) in [5.74, 6) is -0.104. The summed E-state index contributed by atoms with van der Waals surface area (Å²) in [4.78, 5) is 27.2. The van der Waals surface area contributed by atoms with E-state index in [2.05, 4.69) is 5.32 Å². The number of hydrogen-bond donors (Lipinski definition) is 1. The number of ether oxygens (including phenoxy) is 1. The Morgan fingerprint density at radius 2 is 1.80 bits per heavy atom. The van der Waals surface area contributed by atoms with Crippen molar-refractivity contribution in [1.82, 2.24) is 10.2 Å². The largest absolute Gasteiger partial charge is 0.482 e. The molecule has 0 spiro atoms. The van der Waals surface area contributed by atoms with Crippen LogP contribution < -0.4 is 10.1 Å². The lowest BCUT2D eigenvalue weighted by Gasteiger charge is -2.29. The second-order valence-electron chi connectivity index (χ2n) is 7.18. The van der Waals surface area contributed by atoms with Crippen molar-refractivity contribution < 1.29 is 14.3 Å². The lowest BCUT2D eigenvalue weighted by atomic mass is 10.1. The summed E-state index contributed by atoms with van der Waals surface area (Å²) < 4.78 is 5.61. The highest BCUT2D eigenvalue weighted by atomic mass is 35.5. The van der Waals surface area contributed by atoms with Gasteiger partial charge in [-0.2, -0.15) is 0 Å². The SMILES string of the molecule is CC[C@@H](C)NC(=O)[C@H](C)N(CCc1ccccc1)C(=O)COc1ccc(Cl)cc1Cl. The van der Waals surface area contributed by atoms with Crippen LogP contribution in [0.5, 0.6) is 5.75 Å². The molecule has 5 nitrogen and oxygen atoms in total. The molecule has 7 heteroatoms. The number of amides is 2. The van der Waals surface area contributed by atoms with Crippen LogP contribution in [-0.4, -0.2) is 41.9 Å². The van der Waals surface area contributed by atoms with E-state index < -0.39 is 6.04 Å². The zero-order chi connectivity index (χ0) is 22.1. The molecule has 0 bridgehead atoms. The van der Waals surface area contributed by atoms with Crippen molar-refractivity contribution >= 4 is 35.0 Å². The van der Waals surface area contributed by atoms with Gasteiger partial charge in [0.2, 0.25) is 5.91 Å². The molecule has 0 aliphatic carbocycles. The molecule has 2 aromatic rings. The van der Waals surface area contributed by atoms with Crippen molar-refractivity contribution in [3.63, 3.8) is 0 Å². The Hall–Kier alpha value is -2.24. The quantitative estimate of drug-likeness (QED) is 0.568. The van der Waals surface area contributed by atoms with Crippen molar-refractivity contribution in [1.29, 1.82) is 0 Å². The molecule has 2 rings (SSSR count). The fourth-order valence-electron chi connectivity index (χ4n) is 2.85. The van der Waals surface area contributed by atoms with E-state index >= 15 is 0 Å². The number of nitrogens with one attached hydrogen (secondary N) is 1. The highest BCUT2D eigenvalue weighted by Crippen LogP contribution is 2.27. The molecular formula is C23H28Cl2N2O3. The smallest absolute Gasteiger partial charge is 0.261 e. The van der Waals surface area contributed by atoms with Gasteiger partial charge in [-0.05, 0) is 50.5 Å². The van der Waals surface area contributed by atoms with Crippen LogP contribution in [0.3, 0.4) is 0 Å². The molecule has 2 aromatic carbocycles. The number of carbonyl (C=O) groups excluding carboxylic acids is 2. The molecule has 0 saturated heterocycles. The van der Waals surface area contributed by atoms with Gasteiger partial charge >= 0.3 is 0 Å². The van der Waals surface area contributed by atoms with E-state index in [0.717, 1.165) is 12.0 Å². The van der Waals surface area contributed by atoms with E-state index in [9.17, 15) is 9.59 Å². The van der Waals surface area contributed by atoms with Crippen LogP contribution in [0.1, 0.15) is 32.8 Å². The number of nitrogens with zero attached hydrogens (tertiary/aromatic N) is 1. The lowest BCUT2D eigenvalue weighted by Crippen LogP contribution is -2.51. The first-order valence-corrected chi connectivity index (χ1v) is 10.8. The minimum absolute atomic E-state index is 0.0372. The summed E-state index contributed by atoms with van der Waals surface area (Å²) in [7, 11) is 0. The van der Waals surface area contributed by atoms with Gasteiger partial charge in [-0.1, -0.05) is 60.5 Å². The van der Waals surface area contributed by atoms with E-state index in [4.69, 9.17) is 27.9 Å². The van der Waals surface area contributed by atoms with Crippen molar-refractivity contribution in [2.45, 2.75) is 45.7 Å². The Morgan fingerprint density at radius 3 is 2.43 bits per heavy atom. The van der Waals surface area contributed by atoms with Crippen LogP contribution in [0, 0.1) is 0 Å². The maximum Gasteiger partial charge on any atom is 0.261 e. The van der Waals surface area contributed by atoms with E-state index in [0.29, 0.717) is 28.8 Å². The number of carbonyl (C=O) groups is 2. The molecule has 0 heterocycles. The van der Waals surface area contributed by atoms with Gasteiger partial charge in [-0.3, -0.25) is 9.59 Å². The monoisotopic (exact) mass is 450 g/mol. The predicted octanol–water partition coefficient (Wildman–Crippen LogP) is 4.75. The molecule has 0 fully saturated rings. The minimum atomic E-state index is -0.625. The highest BCUT2D eigenvalue weighted by molar-refractivity contribution is 6.35. The van der Waals surface area contributed by atoms with Gasteiger partial charge in [-0.25, -0.2) is 0 Å². The summed E-state index contributed by atoms with van der Waals surface area (Å²) >= 11 is 12.0. The Bertz CT molecular complexity index is 846. The Balaban J connectivity index is 2.09. The normalized spacial score (nSPS) is 12.7. The third-order valence-electron chi connectivity index (χ3n) is 4.90. The molecule has 30 heavy (non-hydrogen) atoms. The van der Waals surface area contributed by atoms with Crippen LogP contribution in [-0.2, 0) is 16.0 Å². The van der Waals surface area contributed by atoms with E-state index in [1.807, 2.05) is 44.2 Å². The highest BCUT2D eigenvalue weighted by Gasteiger charge is 2.26. The van der Waals surface area contributed by atoms with Gasteiger partial charge in [-0.15, -0.1) is 0 Å². The van der Waals surface area contributed by atoms with Gasteiger partial charge in [0, 0.05) is 17.6 Å². The average molecular weight is 451 g/mol. The van der Waals surface area contributed by atoms with Gasteiger partial charge in [0.05, 0.1) is 5.02 Å². The van der Waals surface area contributed by atoms with Crippen molar-refractivity contribution in [2.75, 3.05) is 13.2 Å². The average Bonchev–Trinajstić information content (AvgIpc) is 2.73. The molecule has 0 aliphatic heterocycles. The van der Waals surface area contributed by atoms with E-state index in [1.54, 1.807) is 30.0 Å². The standard InChI is InChI=1S/C23H28Cl2N2O3/c1-4-16(2)26-23(29)17(3)27(13-12-18-8-6-5-7-9-18)22(28)15-30-21-11-10-19(24)14-20(21)25/h5-11,14,16-17H,4,12-13,15H2,1-3H3,(H,26,29)/t16-,17+/m1/s1. The maximum atomic E-state index is 13.0. The van der Waals surface area contributed by atoms with Crippen LogP contribution >= 0.6 is 23.2 Å². The summed E-state index contributed by atoms with van der Waals surface area (Å²) in [6.07, 6.45) is 1.45. The van der Waals surface area contributed by atoms with Crippen molar-refractivity contribution in [3.05, 3.63) is 64.1 Å². The molecule has 0 radical (unpaired) electrons. The van der Waals surface area contributed by atoms with Gasteiger partial charge in [0.1, 0.15) is 11.8 Å². The Kier molecular flexibility index (Phi) is 9.47. The van der Waals surface area contributed by atoms with Crippen molar-refractivity contribution in [3.8, 4) is 5.75 Å². The predicted molar refractivity (Wildman–Crippen MR) is 121 cm³/mol. The molecule has 1 N–H and O–H groups in total. The summed E-state index contributed by atoms with van der Waals surface area (Å²) in [5.41, 5.74) is 1.09. The van der Waals surface area contributed by atoms with Crippen LogP contribution in [0.2, 0.25) is 10.0 Å². The number of benzene rings is 2. The minimum Gasteiger partial charge on any atom is -0.482 e. The number of rotatable bonds is 10. The summed E-state index contributed by atoms with van der Waals surface area (Å²) in [6.45, 7) is 5.84. The molecule has 0 aliphatic rings. The third-order valence-corrected chi connectivity index (χ3v) is 5.43. The first-order valence-electron chi connectivity index (χ1n) is 10.0. The van der Waals surface area contributed by atoms with E-state index in [-0.39, 0.29) is 24.5 Å². The lowest BCUT2D eigenvalue weighted by molar-refractivity contribution is -0.141. The zero-order valence-electron chi connectivity index (χ0n) is 17.5. The first kappa shape index (κ1) is 24.0. The fourth-order valence-corrected chi connectivity index (χ4v) is 3.31. The molecule has 162 valence electrons. The molecular weight excluding hydrogens is 423 g/mol. The zero-order valence-corrected chi connectivity index (χ0v) is 19.0. The first-order chi connectivity index (χ1) is 14.3. The topological polar surface area (TPSA) is 58.6 Å². The van der Waals surface area contributed by atoms with E-state index in [1.165, 1.54) is 0 Å². The van der Waals surface area contributed by atoms with Gasteiger partial charge in [0.25, 0.3) is 5.91 Å². The Labute approximate surface area is 188 Å². The van der Waals surface area contributed by atoms with Gasteiger partial charge in [0.15, 0.2) is 6.61 Å². The second-order valence-corrected chi connectivity index (χ2v) is 8.02. The van der Waals surface area contributed by atoms with Gasteiger partial charge < -0.3 is 15.0 Å². The van der Waals surface area contributed by atoms with Crippen molar-refractivity contribution in [2.24, 2.45) is 0 Å². The number of hydrogen-bond acceptors (Lipinski definition) is 3. The summed E-state index contributed by atoms with van der Waals surface area (Å²) in [6, 6.07) is 14.1. The third kappa shape index (κ3) is 7.22. The van der Waals surface area contributed by atoms with Crippen LogP contribution in [0.4, 0.5) is 0 Å². The van der Waals surface area contributed by atoms with Crippen LogP contribution in [0.25, 0.3) is 0 Å². The second kappa shape index (κ2) is 11.8. The van der Waals surface area contributed by atoms with Crippen LogP contribution in [0.15, 0.2) is 48.5 Å². The Morgan fingerprint density at radius 1 is 1.10 bits per heavy atom. The maximum absolute atomic E-state index is 13.0.